The molecule has 1 amide bonds. The first-order valence-corrected chi connectivity index (χ1v) is 11.2. The summed E-state index contributed by atoms with van der Waals surface area (Å²) in [6.07, 6.45) is 7.67. The van der Waals surface area contributed by atoms with Crippen LogP contribution in [0.5, 0.6) is 0 Å². The molecular formula is C25H30N2O2. The Bertz CT molecular complexity index is 929. The Morgan fingerprint density at radius 1 is 0.931 bits per heavy atom. The van der Waals surface area contributed by atoms with Gasteiger partial charge in [-0.05, 0) is 43.2 Å². The predicted octanol–water partition coefficient (Wildman–Crippen LogP) is 4.16. The van der Waals surface area contributed by atoms with E-state index in [1.54, 1.807) is 6.07 Å². The second-order valence-corrected chi connectivity index (χ2v) is 9.19. The number of carbonyl (C=O) groups excluding carboxylic acids is 1. The number of rotatable bonds is 3. The molecule has 3 heterocycles. The quantitative estimate of drug-likeness (QED) is 0.790. The molecule has 4 heteroatoms. The summed E-state index contributed by atoms with van der Waals surface area (Å²) in [4.78, 5) is 28.3. The van der Waals surface area contributed by atoms with Gasteiger partial charge in [0.25, 0.3) is 5.56 Å². The molecule has 4 nitrogen and oxygen atoms in total. The normalized spacial score (nSPS) is 26.8. The molecule has 1 aromatic heterocycles. The minimum Gasteiger partial charge on any atom is -0.341 e. The highest BCUT2D eigenvalue weighted by Crippen LogP contribution is 2.43. The fraction of sp³-hybridized carbons (Fsp3) is 0.520. The van der Waals surface area contributed by atoms with E-state index in [1.807, 2.05) is 16.7 Å². The van der Waals surface area contributed by atoms with Crippen LogP contribution in [0.1, 0.15) is 61.7 Å². The van der Waals surface area contributed by atoms with E-state index in [0.717, 1.165) is 44.5 Å². The van der Waals surface area contributed by atoms with E-state index in [0.29, 0.717) is 11.8 Å². The van der Waals surface area contributed by atoms with Gasteiger partial charge in [-0.3, -0.25) is 9.59 Å². The topological polar surface area (TPSA) is 42.3 Å². The smallest absolute Gasteiger partial charge is 0.251 e. The molecular weight excluding hydrogens is 360 g/mol. The van der Waals surface area contributed by atoms with Gasteiger partial charge in [0.2, 0.25) is 5.91 Å². The van der Waals surface area contributed by atoms with E-state index in [1.165, 1.54) is 24.8 Å². The number of pyridine rings is 1. The van der Waals surface area contributed by atoms with E-state index >= 15 is 0 Å². The number of hydrogen-bond donors (Lipinski definition) is 0. The summed E-state index contributed by atoms with van der Waals surface area (Å²) < 4.78 is 2.05. The first-order valence-electron chi connectivity index (χ1n) is 11.2. The average Bonchev–Trinajstić information content (AvgIpc) is 2.77. The Kier molecular flexibility index (Phi) is 5.03. The zero-order chi connectivity index (χ0) is 19.8. The third kappa shape index (κ3) is 3.54. The van der Waals surface area contributed by atoms with Gasteiger partial charge < -0.3 is 9.47 Å². The number of aromatic nitrogens is 1. The van der Waals surface area contributed by atoms with E-state index in [4.69, 9.17) is 0 Å². The van der Waals surface area contributed by atoms with Crippen molar-refractivity contribution in [3.05, 3.63) is 70.1 Å². The predicted molar refractivity (Wildman–Crippen MR) is 114 cm³/mol. The van der Waals surface area contributed by atoms with E-state index in [2.05, 4.69) is 35.2 Å². The number of likely N-dealkylation sites (tertiary alicyclic amines) is 1. The lowest BCUT2D eigenvalue weighted by atomic mass is 9.76. The fourth-order valence-electron chi connectivity index (χ4n) is 5.95. The number of amides is 1. The summed E-state index contributed by atoms with van der Waals surface area (Å²) in [6.45, 7) is 1.57. The summed E-state index contributed by atoms with van der Waals surface area (Å²) in [5, 5.41) is 0. The van der Waals surface area contributed by atoms with Gasteiger partial charge in [0, 0.05) is 42.7 Å². The van der Waals surface area contributed by atoms with Crippen molar-refractivity contribution >= 4 is 5.91 Å². The molecule has 1 saturated heterocycles. The summed E-state index contributed by atoms with van der Waals surface area (Å²) in [6, 6.07) is 16.3. The van der Waals surface area contributed by atoms with Crippen LogP contribution in [0.2, 0.25) is 0 Å². The molecule has 0 N–H and O–H groups in total. The van der Waals surface area contributed by atoms with Crippen LogP contribution < -0.4 is 5.56 Å². The molecule has 0 unspecified atom stereocenters. The largest absolute Gasteiger partial charge is 0.341 e. The maximum Gasteiger partial charge on any atom is 0.251 e. The molecule has 5 rings (SSSR count). The molecule has 2 aliphatic heterocycles. The van der Waals surface area contributed by atoms with Gasteiger partial charge in [0.15, 0.2) is 0 Å². The van der Waals surface area contributed by atoms with Gasteiger partial charge in [-0.15, -0.1) is 0 Å². The molecule has 152 valence electrons. The minimum atomic E-state index is 0.102. The Labute approximate surface area is 172 Å². The lowest BCUT2D eigenvalue weighted by molar-refractivity contribution is -0.139. The highest BCUT2D eigenvalue weighted by Gasteiger charge is 2.42. The van der Waals surface area contributed by atoms with Crippen molar-refractivity contribution in [1.29, 1.82) is 0 Å². The van der Waals surface area contributed by atoms with Crippen LogP contribution in [-0.2, 0) is 11.2 Å². The molecule has 2 bridgehead atoms. The summed E-state index contributed by atoms with van der Waals surface area (Å²) in [7, 11) is 0. The van der Waals surface area contributed by atoms with Gasteiger partial charge >= 0.3 is 0 Å². The second-order valence-electron chi connectivity index (χ2n) is 9.19. The number of benzene rings is 1. The zero-order valence-corrected chi connectivity index (χ0v) is 17.0. The Morgan fingerprint density at radius 3 is 2.52 bits per heavy atom. The number of carbonyl (C=O) groups is 1. The van der Waals surface area contributed by atoms with Crippen LogP contribution >= 0.6 is 0 Å². The minimum absolute atomic E-state index is 0.102. The molecule has 29 heavy (non-hydrogen) atoms. The molecule has 1 aromatic carbocycles. The van der Waals surface area contributed by atoms with Crippen molar-refractivity contribution in [2.45, 2.75) is 56.9 Å². The van der Waals surface area contributed by atoms with Gasteiger partial charge in [0.05, 0.1) is 0 Å². The third-order valence-corrected chi connectivity index (χ3v) is 7.35. The highest BCUT2D eigenvalue weighted by molar-refractivity contribution is 5.79. The standard InChI is InChI=1S/C25H30N2O2/c28-24-13-7-12-22-20-15-21(23(27(22)24)14-18-8-3-1-4-9-18)17-26(16-20)25(29)19-10-5-2-6-11-19/h1,3-4,7-9,12-13,19-21,23H,2,5-6,10-11,14-17H2/t20-,21+,23+/m1/s1. The van der Waals surface area contributed by atoms with Crippen LogP contribution in [0.3, 0.4) is 0 Å². The first-order chi connectivity index (χ1) is 14.2. The van der Waals surface area contributed by atoms with Crippen molar-refractivity contribution in [3.63, 3.8) is 0 Å². The molecule has 0 radical (unpaired) electrons. The van der Waals surface area contributed by atoms with Crippen molar-refractivity contribution in [3.8, 4) is 0 Å². The molecule has 2 fully saturated rings. The first kappa shape index (κ1) is 18.7. The lowest BCUT2D eigenvalue weighted by Crippen LogP contribution is -2.52. The van der Waals surface area contributed by atoms with Gasteiger partial charge in [0.1, 0.15) is 0 Å². The molecule has 2 aromatic rings. The van der Waals surface area contributed by atoms with Crippen LogP contribution in [0.15, 0.2) is 53.3 Å². The Hall–Kier alpha value is -2.36. The molecule has 0 spiro atoms. The van der Waals surface area contributed by atoms with Gasteiger partial charge in [-0.2, -0.15) is 0 Å². The Morgan fingerprint density at radius 2 is 1.72 bits per heavy atom. The number of piperidine rings is 1. The molecule has 3 aliphatic rings. The van der Waals surface area contributed by atoms with Crippen LogP contribution in [0.25, 0.3) is 0 Å². The summed E-state index contributed by atoms with van der Waals surface area (Å²) in [5.74, 6) is 1.20. The second kappa shape index (κ2) is 7.81. The van der Waals surface area contributed by atoms with Crippen molar-refractivity contribution in [1.82, 2.24) is 9.47 Å². The summed E-state index contributed by atoms with van der Waals surface area (Å²) in [5.41, 5.74) is 2.48. The zero-order valence-electron chi connectivity index (χ0n) is 17.0. The fourth-order valence-corrected chi connectivity index (χ4v) is 5.95. The third-order valence-electron chi connectivity index (χ3n) is 7.35. The number of fused-ring (bicyclic) bond motifs is 4. The van der Waals surface area contributed by atoms with Crippen molar-refractivity contribution in [2.24, 2.45) is 11.8 Å². The molecule has 1 aliphatic carbocycles. The highest BCUT2D eigenvalue weighted by atomic mass is 16.2. The monoisotopic (exact) mass is 390 g/mol. The Balaban J connectivity index is 1.47. The number of nitrogens with zero attached hydrogens (tertiary/aromatic N) is 2. The summed E-state index contributed by atoms with van der Waals surface area (Å²) >= 11 is 0. The van der Waals surface area contributed by atoms with Crippen molar-refractivity contribution in [2.75, 3.05) is 13.1 Å². The van der Waals surface area contributed by atoms with E-state index < -0.39 is 0 Å². The van der Waals surface area contributed by atoms with Crippen LogP contribution in [-0.4, -0.2) is 28.5 Å². The molecule has 1 saturated carbocycles. The van der Waals surface area contributed by atoms with Crippen LogP contribution in [0, 0.1) is 11.8 Å². The molecule has 3 atom stereocenters. The van der Waals surface area contributed by atoms with Gasteiger partial charge in [-0.1, -0.05) is 55.7 Å². The van der Waals surface area contributed by atoms with Crippen LogP contribution in [0.4, 0.5) is 0 Å². The SMILES string of the molecule is O=C(C1CCCCC1)N1C[C@H]2C[C@@H](C1)[C@H](Cc1ccccc1)n1c2cccc1=O. The average molecular weight is 391 g/mol. The lowest BCUT2D eigenvalue weighted by Gasteiger charge is -2.48. The van der Waals surface area contributed by atoms with E-state index in [9.17, 15) is 9.59 Å². The van der Waals surface area contributed by atoms with Crippen molar-refractivity contribution < 1.29 is 4.79 Å². The maximum absolute atomic E-state index is 13.3. The van der Waals surface area contributed by atoms with Gasteiger partial charge in [-0.25, -0.2) is 0 Å². The maximum atomic E-state index is 13.3. The van der Waals surface area contributed by atoms with E-state index in [-0.39, 0.29) is 23.4 Å². The number of hydrogen-bond acceptors (Lipinski definition) is 2.